The van der Waals surface area contributed by atoms with E-state index >= 15 is 0 Å². The smallest absolute Gasteiger partial charge is 0.226 e. The second kappa shape index (κ2) is 11.3. The highest BCUT2D eigenvalue weighted by Gasteiger charge is 2.42. The number of nitrogens with one attached hydrogen (secondary N) is 1. The quantitative estimate of drug-likeness (QED) is 0.499. The molecular weight excluding hydrogens is 498 g/mol. The number of likely N-dealkylation sites (tertiary alicyclic amines) is 1. The standard InChI is InChI=1S/C29H33ClF2N2O3/c1-4-28(33-17(3)35)24-11-16(2)26(30)15-22(24)18-7-9-34(10-8-18)29(37)25-14-20(36)13-23(25)21-6-5-19(31)12-27(21)32/h5-6,11-12,15,18,23,25,28H,4,7-10,13-14H2,1-3H3,(H,33,35)/t23-,25-,28+/m1/s1. The van der Waals surface area contributed by atoms with Crippen molar-refractivity contribution < 1.29 is 23.2 Å². The Bertz CT molecular complexity index is 1210. The molecule has 2 aliphatic rings. The molecule has 8 heteroatoms. The van der Waals surface area contributed by atoms with E-state index in [1.165, 1.54) is 19.1 Å². The number of Topliss-reactive ketones (excluding diaryl/α,β-unsaturated/α-hetero) is 1. The van der Waals surface area contributed by atoms with E-state index in [1.54, 1.807) is 4.90 Å². The van der Waals surface area contributed by atoms with Gasteiger partial charge in [-0.1, -0.05) is 30.7 Å². The van der Waals surface area contributed by atoms with Crippen molar-refractivity contribution in [3.63, 3.8) is 0 Å². The van der Waals surface area contributed by atoms with E-state index < -0.39 is 23.5 Å². The summed E-state index contributed by atoms with van der Waals surface area (Å²) in [5.41, 5.74) is 3.31. The van der Waals surface area contributed by atoms with Gasteiger partial charge >= 0.3 is 0 Å². The zero-order valence-corrected chi connectivity index (χ0v) is 22.2. The minimum atomic E-state index is -0.718. The van der Waals surface area contributed by atoms with Crippen molar-refractivity contribution in [3.8, 4) is 0 Å². The molecule has 1 aliphatic carbocycles. The van der Waals surface area contributed by atoms with E-state index in [1.807, 2.05) is 26.0 Å². The fourth-order valence-corrected chi connectivity index (χ4v) is 6.08. The van der Waals surface area contributed by atoms with Crippen LogP contribution in [0.2, 0.25) is 5.02 Å². The normalized spacial score (nSPS) is 21.2. The van der Waals surface area contributed by atoms with Gasteiger partial charge in [0.15, 0.2) is 0 Å². The summed E-state index contributed by atoms with van der Waals surface area (Å²) in [4.78, 5) is 39.4. The summed E-state index contributed by atoms with van der Waals surface area (Å²) in [7, 11) is 0. The van der Waals surface area contributed by atoms with Crippen molar-refractivity contribution >= 4 is 29.2 Å². The average Bonchev–Trinajstić information content (AvgIpc) is 3.24. The predicted octanol–water partition coefficient (Wildman–Crippen LogP) is 5.98. The molecule has 1 saturated carbocycles. The molecule has 198 valence electrons. The molecule has 4 rings (SSSR count). The van der Waals surface area contributed by atoms with Crippen molar-refractivity contribution in [2.75, 3.05) is 13.1 Å². The number of piperidine rings is 1. The van der Waals surface area contributed by atoms with Gasteiger partial charge in [0.2, 0.25) is 11.8 Å². The van der Waals surface area contributed by atoms with Crippen molar-refractivity contribution in [3.05, 3.63) is 69.2 Å². The number of hydrogen-bond donors (Lipinski definition) is 1. The molecule has 2 fully saturated rings. The summed E-state index contributed by atoms with van der Waals surface area (Å²) in [6, 6.07) is 7.23. The molecule has 1 heterocycles. The van der Waals surface area contributed by atoms with E-state index in [2.05, 4.69) is 5.32 Å². The van der Waals surface area contributed by atoms with E-state index in [4.69, 9.17) is 11.6 Å². The van der Waals surface area contributed by atoms with Gasteiger partial charge in [0.1, 0.15) is 17.4 Å². The Morgan fingerprint density at radius 1 is 1.11 bits per heavy atom. The van der Waals surface area contributed by atoms with Crippen LogP contribution in [0, 0.1) is 24.5 Å². The van der Waals surface area contributed by atoms with Gasteiger partial charge in [-0.25, -0.2) is 8.78 Å². The molecule has 37 heavy (non-hydrogen) atoms. The first-order valence-electron chi connectivity index (χ1n) is 12.9. The van der Waals surface area contributed by atoms with Gasteiger partial charge in [0, 0.05) is 49.9 Å². The molecule has 1 N–H and O–H groups in total. The topological polar surface area (TPSA) is 66.5 Å². The molecule has 2 aromatic rings. The lowest BCUT2D eigenvalue weighted by molar-refractivity contribution is -0.137. The molecule has 1 saturated heterocycles. The van der Waals surface area contributed by atoms with Gasteiger partial charge in [0.05, 0.1) is 12.0 Å². The van der Waals surface area contributed by atoms with Crippen molar-refractivity contribution in [2.45, 2.75) is 70.8 Å². The highest BCUT2D eigenvalue weighted by atomic mass is 35.5. The van der Waals surface area contributed by atoms with Crippen LogP contribution in [0.1, 0.15) is 86.1 Å². The molecule has 0 radical (unpaired) electrons. The number of halogens is 3. The van der Waals surface area contributed by atoms with E-state index in [0.717, 1.165) is 29.2 Å². The van der Waals surface area contributed by atoms with Crippen molar-refractivity contribution in [1.82, 2.24) is 10.2 Å². The van der Waals surface area contributed by atoms with Gasteiger partial charge in [-0.3, -0.25) is 14.4 Å². The fourth-order valence-electron chi connectivity index (χ4n) is 5.91. The first-order valence-corrected chi connectivity index (χ1v) is 13.3. The molecule has 5 nitrogen and oxygen atoms in total. The van der Waals surface area contributed by atoms with Crippen LogP contribution in [0.25, 0.3) is 0 Å². The fraction of sp³-hybridized carbons (Fsp3) is 0.483. The number of benzene rings is 2. The van der Waals surface area contributed by atoms with Crippen LogP contribution in [0.3, 0.4) is 0 Å². The minimum Gasteiger partial charge on any atom is -0.350 e. The summed E-state index contributed by atoms with van der Waals surface area (Å²) >= 11 is 6.50. The lowest BCUT2D eigenvalue weighted by Gasteiger charge is -2.36. The van der Waals surface area contributed by atoms with Crippen molar-refractivity contribution in [1.29, 1.82) is 0 Å². The van der Waals surface area contributed by atoms with E-state index in [9.17, 15) is 23.2 Å². The van der Waals surface area contributed by atoms with Crippen LogP contribution in [-0.4, -0.2) is 35.6 Å². The van der Waals surface area contributed by atoms with Crippen LogP contribution in [0.4, 0.5) is 8.78 Å². The lowest BCUT2D eigenvalue weighted by atomic mass is 9.82. The Morgan fingerprint density at radius 3 is 2.43 bits per heavy atom. The Hall–Kier alpha value is -2.80. The Labute approximate surface area is 221 Å². The van der Waals surface area contributed by atoms with Crippen LogP contribution >= 0.6 is 11.6 Å². The summed E-state index contributed by atoms with van der Waals surface area (Å²) in [5.74, 6) is -2.78. The van der Waals surface area contributed by atoms with Gasteiger partial charge in [-0.05, 0) is 66.5 Å². The first kappa shape index (κ1) is 27.2. The van der Waals surface area contributed by atoms with Crippen LogP contribution in [0.15, 0.2) is 30.3 Å². The third-order valence-corrected chi connectivity index (χ3v) is 8.24. The minimum absolute atomic E-state index is 0.0762. The zero-order chi connectivity index (χ0) is 26.9. The maximum absolute atomic E-state index is 14.5. The third kappa shape index (κ3) is 5.87. The van der Waals surface area contributed by atoms with Crippen LogP contribution in [0.5, 0.6) is 0 Å². The Morgan fingerprint density at radius 2 is 1.81 bits per heavy atom. The van der Waals surface area contributed by atoms with Gasteiger partial charge < -0.3 is 10.2 Å². The molecule has 1 aliphatic heterocycles. The number of amides is 2. The van der Waals surface area contributed by atoms with E-state index in [0.29, 0.717) is 31.0 Å². The number of hydrogen-bond acceptors (Lipinski definition) is 3. The number of rotatable bonds is 6. The summed E-state index contributed by atoms with van der Waals surface area (Å²) in [5, 5.41) is 3.71. The first-order chi connectivity index (χ1) is 17.6. The Kier molecular flexibility index (Phi) is 8.32. The number of carbonyl (C=O) groups is 3. The molecule has 0 bridgehead atoms. The number of aryl methyl sites for hydroxylation is 1. The molecule has 0 spiro atoms. The number of nitrogens with zero attached hydrogens (tertiary/aromatic N) is 1. The van der Waals surface area contributed by atoms with Gasteiger partial charge in [-0.15, -0.1) is 0 Å². The summed E-state index contributed by atoms with van der Waals surface area (Å²) in [6.07, 6.45) is 2.33. The summed E-state index contributed by atoms with van der Waals surface area (Å²) in [6.45, 7) is 6.50. The molecule has 2 amide bonds. The van der Waals surface area contributed by atoms with Crippen LogP contribution in [-0.2, 0) is 14.4 Å². The Balaban J connectivity index is 1.51. The zero-order valence-electron chi connectivity index (χ0n) is 21.5. The van der Waals surface area contributed by atoms with Crippen LogP contribution < -0.4 is 5.32 Å². The third-order valence-electron chi connectivity index (χ3n) is 7.83. The van der Waals surface area contributed by atoms with Gasteiger partial charge in [-0.2, -0.15) is 0 Å². The maximum atomic E-state index is 14.5. The molecular formula is C29H33ClF2N2O3. The van der Waals surface area contributed by atoms with E-state index in [-0.39, 0.29) is 48.0 Å². The largest absolute Gasteiger partial charge is 0.350 e. The second-order valence-corrected chi connectivity index (χ2v) is 10.7. The monoisotopic (exact) mass is 530 g/mol. The predicted molar refractivity (Wildman–Crippen MR) is 138 cm³/mol. The van der Waals surface area contributed by atoms with Crippen molar-refractivity contribution in [2.24, 2.45) is 5.92 Å². The molecule has 0 unspecified atom stereocenters. The molecule has 3 atom stereocenters. The number of carbonyl (C=O) groups excluding carboxylic acids is 3. The van der Waals surface area contributed by atoms with Gasteiger partial charge in [0.25, 0.3) is 0 Å². The second-order valence-electron chi connectivity index (χ2n) is 10.3. The highest BCUT2D eigenvalue weighted by Crippen LogP contribution is 2.42. The average molecular weight is 531 g/mol. The summed E-state index contributed by atoms with van der Waals surface area (Å²) < 4.78 is 27.9. The molecule has 2 aromatic carbocycles. The highest BCUT2D eigenvalue weighted by molar-refractivity contribution is 6.31. The number of ketones is 1. The lowest BCUT2D eigenvalue weighted by Crippen LogP contribution is -2.42. The molecule has 0 aromatic heterocycles. The maximum Gasteiger partial charge on any atom is 0.226 e. The SMILES string of the molecule is CC[C@H](NC(C)=O)c1cc(C)c(Cl)cc1C1CCN(C(=O)[C@@H]2CC(=O)C[C@@H]2c2ccc(F)cc2F)CC1.